The molecule has 15 heavy (non-hydrogen) atoms. The van der Waals surface area contributed by atoms with Crippen molar-refractivity contribution in [1.29, 1.82) is 0 Å². The number of nitrogens with one attached hydrogen (secondary N) is 1. The van der Waals surface area contributed by atoms with Crippen LogP contribution in [0.25, 0.3) is 0 Å². The van der Waals surface area contributed by atoms with Crippen LogP contribution in [0.4, 0.5) is 4.79 Å². The fourth-order valence-electron chi connectivity index (χ4n) is 1.43. The topological polar surface area (TPSA) is 67.5 Å². The molecule has 0 aromatic carbocycles. The molecule has 1 rings (SSSR count). The first-order valence-electron chi connectivity index (χ1n) is 4.89. The molecule has 0 aliphatic heterocycles. The molecule has 0 heterocycles. The third-order valence-corrected chi connectivity index (χ3v) is 2.27. The van der Waals surface area contributed by atoms with Crippen molar-refractivity contribution in [3.8, 4) is 0 Å². The van der Waals surface area contributed by atoms with Gasteiger partial charge in [-0.2, -0.15) is 5.10 Å². The van der Waals surface area contributed by atoms with Gasteiger partial charge in [-0.3, -0.25) is 0 Å². The SMILES string of the molecule is CC1=CC=CC(C)(C)C/C1=N/NC(N)=O. The Morgan fingerprint density at radius 1 is 1.60 bits per heavy atom. The van der Waals surface area contributed by atoms with Gasteiger partial charge in [-0.15, -0.1) is 0 Å². The Bertz CT molecular complexity index is 351. The minimum Gasteiger partial charge on any atom is -0.350 e. The van der Waals surface area contributed by atoms with Crippen molar-refractivity contribution < 1.29 is 4.79 Å². The van der Waals surface area contributed by atoms with E-state index in [2.05, 4.69) is 30.5 Å². The molecule has 4 nitrogen and oxygen atoms in total. The van der Waals surface area contributed by atoms with E-state index >= 15 is 0 Å². The van der Waals surface area contributed by atoms with E-state index in [0.29, 0.717) is 0 Å². The Morgan fingerprint density at radius 2 is 2.27 bits per heavy atom. The Hall–Kier alpha value is -1.58. The van der Waals surface area contributed by atoms with Crippen LogP contribution in [-0.2, 0) is 0 Å². The Kier molecular flexibility index (Phi) is 3.29. The summed E-state index contributed by atoms with van der Waals surface area (Å²) in [5, 5.41) is 4.00. The lowest BCUT2D eigenvalue weighted by molar-refractivity contribution is 0.249. The molecule has 0 spiro atoms. The third-order valence-electron chi connectivity index (χ3n) is 2.27. The largest absolute Gasteiger partial charge is 0.350 e. The van der Waals surface area contributed by atoms with E-state index in [1.807, 2.05) is 19.1 Å². The molecule has 1 aliphatic carbocycles. The summed E-state index contributed by atoms with van der Waals surface area (Å²) in [5.41, 5.74) is 9.20. The van der Waals surface area contributed by atoms with Crippen LogP contribution in [-0.4, -0.2) is 11.7 Å². The second kappa shape index (κ2) is 4.29. The van der Waals surface area contributed by atoms with E-state index < -0.39 is 6.03 Å². The molecular formula is C11H17N3O. The van der Waals surface area contributed by atoms with Gasteiger partial charge in [0, 0.05) is 6.42 Å². The molecule has 0 saturated heterocycles. The van der Waals surface area contributed by atoms with Crippen LogP contribution in [0.1, 0.15) is 27.2 Å². The van der Waals surface area contributed by atoms with E-state index in [-0.39, 0.29) is 5.41 Å². The molecule has 3 N–H and O–H groups in total. The zero-order valence-corrected chi connectivity index (χ0v) is 9.37. The molecular weight excluding hydrogens is 190 g/mol. The van der Waals surface area contributed by atoms with Crippen molar-refractivity contribution in [2.75, 3.05) is 0 Å². The first kappa shape index (κ1) is 11.5. The fourth-order valence-corrected chi connectivity index (χ4v) is 1.43. The van der Waals surface area contributed by atoms with Gasteiger partial charge in [0.25, 0.3) is 0 Å². The van der Waals surface area contributed by atoms with Crippen LogP contribution >= 0.6 is 0 Å². The van der Waals surface area contributed by atoms with Crippen molar-refractivity contribution in [1.82, 2.24) is 5.43 Å². The summed E-state index contributed by atoms with van der Waals surface area (Å²) in [4.78, 5) is 10.6. The van der Waals surface area contributed by atoms with Gasteiger partial charge in [-0.1, -0.05) is 32.1 Å². The van der Waals surface area contributed by atoms with E-state index in [1.54, 1.807) is 0 Å². The molecule has 0 radical (unpaired) electrons. The molecule has 1 aliphatic rings. The lowest BCUT2D eigenvalue weighted by Gasteiger charge is -2.19. The van der Waals surface area contributed by atoms with Crippen molar-refractivity contribution in [2.24, 2.45) is 16.3 Å². The number of urea groups is 1. The number of amides is 2. The van der Waals surface area contributed by atoms with Crippen LogP contribution in [0.15, 0.2) is 28.9 Å². The van der Waals surface area contributed by atoms with Crippen LogP contribution in [0.2, 0.25) is 0 Å². The first-order chi connectivity index (χ1) is 6.91. The van der Waals surface area contributed by atoms with E-state index in [0.717, 1.165) is 17.7 Å². The number of nitrogens with zero attached hydrogens (tertiary/aromatic N) is 1. The fraction of sp³-hybridized carbons (Fsp3) is 0.455. The highest BCUT2D eigenvalue weighted by Gasteiger charge is 2.20. The zero-order chi connectivity index (χ0) is 11.5. The van der Waals surface area contributed by atoms with Crippen LogP contribution in [0.3, 0.4) is 0 Å². The van der Waals surface area contributed by atoms with Crippen molar-refractivity contribution in [3.63, 3.8) is 0 Å². The summed E-state index contributed by atoms with van der Waals surface area (Å²) in [6, 6.07) is -0.634. The van der Waals surface area contributed by atoms with Crippen LogP contribution in [0, 0.1) is 5.41 Å². The number of carbonyl (C=O) groups excluding carboxylic acids is 1. The molecule has 0 unspecified atom stereocenters. The molecule has 0 saturated carbocycles. The van der Waals surface area contributed by atoms with E-state index in [1.165, 1.54) is 0 Å². The van der Waals surface area contributed by atoms with Gasteiger partial charge in [-0.25, -0.2) is 10.2 Å². The van der Waals surface area contributed by atoms with Crippen molar-refractivity contribution >= 4 is 11.7 Å². The maximum absolute atomic E-state index is 10.6. The molecule has 0 aromatic rings. The smallest absolute Gasteiger partial charge is 0.332 e. The lowest BCUT2D eigenvalue weighted by atomic mass is 9.87. The minimum atomic E-state index is -0.634. The second-order valence-electron chi connectivity index (χ2n) is 4.41. The summed E-state index contributed by atoms with van der Waals surface area (Å²) in [6.45, 7) is 6.21. The van der Waals surface area contributed by atoms with Gasteiger partial charge in [-0.05, 0) is 17.9 Å². The maximum atomic E-state index is 10.6. The summed E-state index contributed by atoms with van der Waals surface area (Å²) in [5.74, 6) is 0. The average molecular weight is 207 g/mol. The number of nitrogens with two attached hydrogens (primary N) is 1. The van der Waals surface area contributed by atoms with Crippen molar-refractivity contribution in [3.05, 3.63) is 23.8 Å². The first-order valence-corrected chi connectivity index (χ1v) is 4.89. The Balaban J connectivity index is 2.87. The normalized spacial score (nSPS) is 22.1. The number of hydrogen-bond donors (Lipinski definition) is 2. The standard InChI is InChI=1S/C11H17N3O/c1-8-5-4-6-11(2,3)7-9(8)13-14-10(12)15/h4-6H,7H2,1-3H3,(H3,12,14,15)/b13-9-. The van der Waals surface area contributed by atoms with Crippen molar-refractivity contribution in [2.45, 2.75) is 27.2 Å². The van der Waals surface area contributed by atoms with Gasteiger partial charge in [0.1, 0.15) is 0 Å². The molecule has 2 amide bonds. The summed E-state index contributed by atoms with van der Waals surface area (Å²) in [7, 11) is 0. The van der Waals surface area contributed by atoms with Gasteiger partial charge < -0.3 is 5.73 Å². The Morgan fingerprint density at radius 3 is 2.87 bits per heavy atom. The maximum Gasteiger partial charge on any atom is 0.332 e. The predicted octanol–water partition coefficient (Wildman–Crippen LogP) is 1.94. The average Bonchev–Trinajstić information content (AvgIpc) is 2.22. The zero-order valence-electron chi connectivity index (χ0n) is 9.37. The predicted molar refractivity (Wildman–Crippen MR) is 61.4 cm³/mol. The van der Waals surface area contributed by atoms with Gasteiger partial charge in [0.05, 0.1) is 5.71 Å². The highest BCUT2D eigenvalue weighted by atomic mass is 16.2. The van der Waals surface area contributed by atoms with Crippen LogP contribution < -0.4 is 11.2 Å². The monoisotopic (exact) mass is 207 g/mol. The second-order valence-corrected chi connectivity index (χ2v) is 4.41. The summed E-state index contributed by atoms with van der Waals surface area (Å²) in [6.07, 6.45) is 6.91. The lowest BCUT2D eigenvalue weighted by Crippen LogP contribution is -2.27. The number of rotatable bonds is 1. The molecule has 0 fully saturated rings. The molecule has 0 bridgehead atoms. The van der Waals surface area contributed by atoms with E-state index in [4.69, 9.17) is 5.73 Å². The van der Waals surface area contributed by atoms with Gasteiger partial charge >= 0.3 is 6.03 Å². The summed E-state index contributed by atoms with van der Waals surface area (Å²) < 4.78 is 0. The quantitative estimate of drug-likeness (QED) is 0.634. The number of hydrazone groups is 1. The molecule has 0 atom stereocenters. The number of primary amides is 1. The van der Waals surface area contributed by atoms with E-state index in [9.17, 15) is 4.79 Å². The van der Waals surface area contributed by atoms with Gasteiger partial charge in [0.2, 0.25) is 0 Å². The highest BCUT2D eigenvalue weighted by Crippen LogP contribution is 2.27. The highest BCUT2D eigenvalue weighted by molar-refractivity contribution is 6.01. The molecule has 0 aromatic heterocycles. The number of allylic oxidation sites excluding steroid dienone is 4. The minimum absolute atomic E-state index is 0.0480. The number of carbonyl (C=O) groups is 1. The molecule has 82 valence electrons. The summed E-state index contributed by atoms with van der Waals surface area (Å²) >= 11 is 0. The Labute approximate surface area is 89.9 Å². The number of hydrogen-bond acceptors (Lipinski definition) is 2. The van der Waals surface area contributed by atoms with Crippen LogP contribution in [0.5, 0.6) is 0 Å². The van der Waals surface area contributed by atoms with Gasteiger partial charge in [0.15, 0.2) is 0 Å². The molecule has 4 heteroatoms. The third kappa shape index (κ3) is 3.58.